The van der Waals surface area contributed by atoms with E-state index in [1.54, 1.807) is 0 Å². The van der Waals surface area contributed by atoms with Crippen molar-refractivity contribution in [3.8, 4) is 0 Å². The summed E-state index contributed by atoms with van der Waals surface area (Å²) in [5, 5.41) is 0. The fourth-order valence-electron chi connectivity index (χ4n) is 2.37. The van der Waals surface area contributed by atoms with E-state index in [1.165, 1.54) is 29.2 Å². The van der Waals surface area contributed by atoms with Crippen LogP contribution in [0, 0.1) is 0 Å². The fraction of sp³-hybridized carbons (Fsp3) is 0.571. The van der Waals surface area contributed by atoms with Crippen LogP contribution < -0.4 is 10.6 Å². The zero-order valence-electron chi connectivity index (χ0n) is 10.7. The van der Waals surface area contributed by atoms with E-state index in [4.69, 9.17) is 5.73 Å². The summed E-state index contributed by atoms with van der Waals surface area (Å²) >= 11 is 2.05. The van der Waals surface area contributed by atoms with Crippen molar-refractivity contribution in [1.29, 1.82) is 0 Å². The second kappa shape index (κ2) is 5.78. The van der Waals surface area contributed by atoms with Crippen LogP contribution in [0.4, 0.5) is 5.69 Å². The average Bonchev–Trinajstić information content (AvgIpc) is 2.91. The maximum Gasteiger partial charge on any atom is 0.0414 e. The van der Waals surface area contributed by atoms with Gasteiger partial charge in [-0.25, -0.2) is 0 Å². The molecule has 17 heavy (non-hydrogen) atoms. The fourth-order valence-corrected chi connectivity index (χ4v) is 3.63. The monoisotopic (exact) mass is 250 g/mol. The molecule has 1 unspecified atom stereocenters. The molecule has 1 aromatic rings. The number of para-hydroxylation sites is 1. The van der Waals surface area contributed by atoms with E-state index < -0.39 is 0 Å². The number of benzene rings is 1. The number of rotatable bonds is 4. The molecule has 94 valence electrons. The van der Waals surface area contributed by atoms with Crippen LogP contribution in [0.5, 0.6) is 0 Å². The third-order valence-electron chi connectivity index (χ3n) is 3.61. The molecule has 0 bridgehead atoms. The molecule has 1 fully saturated rings. The minimum Gasteiger partial charge on any atom is -0.370 e. The summed E-state index contributed by atoms with van der Waals surface area (Å²) in [5.74, 6) is 2.53. The first-order valence-corrected chi connectivity index (χ1v) is 7.54. The Balaban J connectivity index is 2.24. The summed E-state index contributed by atoms with van der Waals surface area (Å²) in [4.78, 5) is 2.42. The molecular weight excluding hydrogens is 228 g/mol. The summed E-state index contributed by atoms with van der Waals surface area (Å²) in [7, 11) is 2.21. The first-order chi connectivity index (χ1) is 8.24. The quantitative estimate of drug-likeness (QED) is 0.890. The molecule has 1 aliphatic rings. The second-order valence-electron chi connectivity index (χ2n) is 4.70. The van der Waals surface area contributed by atoms with Crippen LogP contribution in [0.2, 0.25) is 0 Å². The zero-order valence-corrected chi connectivity index (χ0v) is 11.5. The molecule has 1 saturated heterocycles. The number of nitrogens with two attached hydrogens (primary N) is 1. The molecule has 0 saturated carbocycles. The standard InChI is InChI=1S/C14H22N2S/c1-3-13(15)12-6-4-5-7-14(12)16(2)11-8-9-17-10-11/h4-7,11,13H,3,8-10,15H2,1-2H3/t11?,13-/m1/s1. The summed E-state index contributed by atoms with van der Waals surface area (Å²) in [6, 6.07) is 9.40. The first kappa shape index (κ1) is 12.8. The van der Waals surface area contributed by atoms with Crippen molar-refractivity contribution >= 4 is 17.4 Å². The molecule has 2 nitrogen and oxygen atoms in total. The van der Waals surface area contributed by atoms with Crippen molar-refractivity contribution in [2.45, 2.75) is 31.8 Å². The zero-order chi connectivity index (χ0) is 12.3. The SMILES string of the molecule is CC[C@@H](N)c1ccccc1N(C)C1CCSC1. The predicted molar refractivity (Wildman–Crippen MR) is 77.8 cm³/mol. The largest absolute Gasteiger partial charge is 0.370 e. The number of thioether (sulfide) groups is 1. The lowest BCUT2D eigenvalue weighted by Crippen LogP contribution is -2.32. The van der Waals surface area contributed by atoms with Gasteiger partial charge in [-0.2, -0.15) is 11.8 Å². The Hall–Kier alpha value is -0.670. The molecule has 0 radical (unpaired) electrons. The van der Waals surface area contributed by atoms with Crippen LogP contribution in [0.15, 0.2) is 24.3 Å². The van der Waals surface area contributed by atoms with E-state index in [9.17, 15) is 0 Å². The molecule has 0 aromatic heterocycles. The molecule has 0 aliphatic carbocycles. The molecule has 1 aromatic carbocycles. The van der Waals surface area contributed by atoms with E-state index in [0.29, 0.717) is 6.04 Å². The van der Waals surface area contributed by atoms with Crippen molar-refractivity contribution in [2.75, 3.05) is 23.5 Å². The van der Waals surface area contributed by atoms with Gasteiger partial charge in [0, 0.05) is 30.6 Å². The van der Waals surface area contributed by atoms with Crippen LogP contribution in [0.1, 0.15) is 31.4 Å². The van der Waals surface area contributed by atoms with Crippen molar-refractivity contribution in [1.82, 2.24) is 0 Å². The van der Waals surface area contributed by atoms with Crippen LogP contribution >= 0.6 is 11.8 Å². The highest BCUT2D eigenvalue weighted by Gasteiger charge is 2.22. The minimum absolute atomic E-state index is 0.155. The number of anilines is 1. The van der Waals surface area contributed by atoms with Crippen molar-refractivity contribution < 1.29 is 0 Å². The number of hydrogen-bond acceptors (Lipinski definition) is 3. The smallest absolute Gasteiger partial charge is 0.0414 e. The highest BCUT2D eigenvalue weighted by atomic mass is 32.2. The Morgan fingerprint density at radius 2 is 2.24 bits per heavy atom. The Bertz CT molecular complexity index is 361. The minimum atomic E-state index is 0.155. The second-order valence-corrected chi connectivity index (χ2v) is 5.85. The Morgan fingerprint density at radius 3 is 2.88 bits per heavy atom. The lowest BCUT2D eigenvalue weighted by molar-refractivity contribution is 0.667. The van der Waals surface area contributed by atoms with Gasteiger partial charge in [0.15, 0.2) is 0 Å². The lowest BCUT2D eigenvalue weighted by atomic mass is 10.0. The summed E-state index contributed by atoms with van der Waals surface area (Å²) < 4.78 is 0. The average molecular weight is 250 g/mol. The van der Waals surface area contributed by atoms with Gasteiger partial charge in [0.25, 0.3) is 0 Å². The lowest BCUT2D eigenvalue weighted by Gasteiger charge is -2.29. The van der Waals surface area contributed by atoms with Crippen molar-refractivity contribution in [3.63, 3.8) is 0 Å². The Labute approximate surface area is 109 Å². The van der Waals surface area contributed by atoms with E-state index in [2.05, 4.69) is 54.9 Å². The van der Waals surface area contributed by atoms with Gasteiger partial charge < -0.3 is 10.6 Å². The summed E-state index contributed by atoms with van der Waals surface area (Å²) in [6.07, 6.45) is 2.28. The highest BCUT2D eigenvalue weighted by Crippen LogP contribution is 2.31. The molecule has 3 heteroatoms. The van der Waals surface area contributed by atoms with Gasteiger partial charge in [-0.3, -0.25) is 0 Å². The summed E-state index contributed by atoms with van der Waals surface area (Å²) in [5.41, 5.74) is 8.80. The summed E-state index contributed by atoms with van der Waals surface area (Å²) in [6.45, 7) is 2.15. The van der Waals surface area contributed by atoms with Gasteiger partial charge in [-0.05, 0) is 30.2 Å². The van der Waals surface area contributed by atoms with Gasteiger partial charge in [0.1, 0.15) is 0 Å². The van der Waals surface area contributed by atoms with Gasteiger partial charge in [-0.15, -0.1) is 0 Å². The van der Waals surface area contributed by atoms with E-state index >= 15 is 0 Å². The van der Waals surface area contributed by atoms with Gasteiger partial charge in [0.2, 0.25) is 0 Å². The van der Waals surface area contributed by atoms with Crippen LogP contribution in [0.3, 0.4) is 0 Å². The van der Waals surface area contributed by atoms with Gasteiger partial charge in [0.05, 0.1) is 0 Å². The van der Waals surface area contributed by atoms with Gasteiger partial charge >= 0.3 is 0 Å². The normalized spacial score (nSPS) is 21.5. The van der Waals surface area contributed by atoms with E-state index in [-0.39, 0.29) is 6.04 Å². The molecule has 1 aliphatic heterocycles. The predicted octanol–water partition coefficient (Wildman–Crippen LogP) is 3.04. The third kappa shape index (κ3) is 2.78. The molecule has 2 N–H and O–H groups in total. The van der Waals surface area contributed by atoms with Crippen molar-refractivity contribution in [3.05, 3.63) is 29.8 Å². The first-order valence-electron chi connectivity index (χ1n) is 6.39. The third-order valence-corrected chi connectivity index (χ3v) is 4.75. The van der Waals surface area contributed by atoms with E-state index in [1.807, 2.05) is 0 Å². The highest BCUT2D eigenvalue weighted by molar-refractivity contribution is 7.99. The molecule has 1 heterocycles. The van der Waals surface area contributed by atoms with Crippen LogP contribution in [0.25, 0.3) is 0 Å². The van der Waals surface area contributed by atoms with Crippen LogP contribution in [-0.4, -0.2) is 24.6 Å². The Kier molecular flexibility index (Phi) is 4.35. The van der Waals surface area contributed by atoms with Gasteiger partial charge in [-0.1, -0.05) is 25.1 Å². The number of nitrogens with zero attached hydrogens (tertiary/aromatic N) is 1. The topological polar surface area (TPSA) is 29.3 Å². The van der Waals surface area contributed by atoms with Crippen molar-refractivity contribution in [2.24, 2.45) is 5.73 Å². The van der Waals surface area contributed by atoms with Crippen LogP contribution in [-0.2, 0) is 0 Å². The molecule has 2 rings (SSSR count). The number of hydrogen-bond donors (Lipinski definition) is 1. The molecule has 0 amide bonds. The molecule has 2 atom stereocenters. The van der Waals surface area contributed by atoms with E-state index in [0.717, 1.165) is 6.42 Å². The molecular formula is C14H22N2S. The maximum absolute atomic E-state index is 6.20. The maximum atomic E-state index is 6.20. The molecule has 0 spiro atoms. The Morgan fingerprint density at radius 1 is 1.47 bits per heavy atom.